The number of aliphatic carboxylic acids is 1. The molecule has 1 unspecified atom stereocenters. The topological polar surface area (TPSA) is 70.1 Å². The Morgan fingerprint density at radius 3 is 2.38 bits per heavy atom. The summed E-state index contributed by atoms with van der Waals surface area (Å²) in [5.74, 6) is 1.13. The van der Waals surface area contributed by atoms with E-state index in [1.807, 2.05) is 36.0 Å². The first kappa shape index (κ1) is 14.1. The molecule has 1 aromatic carbocycles. The van der Waals surface area contributed by atoms with Gasteiger partial charge in [0.15, 0.2) is 0 Å². The lowest BCUT2D eigenvalue weighted by atomic mass is 10.2. The van der Waals surface area contributed by atoms with Gasteiger partial charge in [-0.3, -0.25) is 4.90 Å². The Bertz CT molecular complexity index is 542. The number of anilines is 2. The Balaban J connectivity index is 1.72. The second kappa shape index (κ2) is 5.85. The molecule has 0 aromatic heterocycles. The maximum absolute atomic E-state index is 11.7. The molecule has 0 spiro atoms. The van der Waals surface area contributed by atoms with Crippen molar-refractivity contribution in [2.24, 2.45) is 0 Å². The molecular formula is C14H16N2O4S. The maximum Gasteiger partial charge on any atom is 0.415 e. The SMILES string of the molecule is O=C(O)C1CN(c2ccc(N3CCSCC3)cc2)C(=O)O1. The summed E-state index contributed by atoms with van der Waals surface area (Å²) in [6.45, 7) is 2.10. The molecule has 2 saturated heterocycles. The zero-order valence-corrected chi connectivity index (χ0v) is 12.2. The van der Waals surface area contributed by atoms with Gasteiger partial charge < -0.3 is 14.7 Å². The number of thioether (sulfide) groups is 1. The van der Waals surface area contributed by atoms with E-state index in [-0.39, 0.29) is 6.54 Å². The van der Waals surface area contributed by atoms with Crippen LogP contribution >= 0.6 is 11.8 Å². The standard InChI is InChI=1S/C14H16N2O4S/c17-13(18)12-9-16(14(19)20-12)11-3-1-10(2-4-11)15-5-7-21-8-6-15/h1-4,12H,5-9H2,(H,17,18). The van der Waals surface area contributed by atoms with Crippen LogP contribution in [0.3, 0.4) is 0 Å². The minimum absolute atomic E-state index is 0.0495. The summed E-state index contributed by atoms with van der Waals surface area (Å²) in [6.07, 6.45) is -1.69. The van der Waals surface area contributed by atoms with Crippen LogP contribution in [0.25, 0.3) is 0 Å². The third-order valence-electron chi connectivity index (χ3n) is 3.62. The molecule has 1 atom stereocenters. The van der Waals surface area contributed by atoms with Gasteiger partial charge >= 0.3 is 12.1 Å². The van der Waals surface area contributed by atoms with Gasteiger partial charge in [-0.05, 0) is 24.3 Å². The largest absolute Gasteiger partial charge is 0.478 e. The monoisotopic (exact) mass is 308 g/mol. The van der Waals surface area contributed by atoms with Crippen molar-refractivity contribution in [3.05, 3.63) is 24.3 Å². The number of carbonyl (C=O) groups excluding carboxylic acids is 1. The van der Waals surface area contributed by atoms with Crippen LogP contribution in [-0.4, -0.2) is 54.4 Å². The second-order valence-corrected chi connectivity index (χ2v) is 6.16. The minimum atomic E-state index is -1.12. The molecular weight excluding hydrogens is 292 g/mol. The molecule has 0 aliphatic carbocycles. The Morgan fingerprint density at radius 1 is 1.19 bits per heavy atom. The molecule has 3 rings (SSSR count). The third-order valence-corrected chi connectivity index (χ3v) is 4.57. The second-order valence-electron chi connectivity index (χ2n) is 4.94. The van der Waals surface area contributed by atoms with Crippen LogP contribution in [0.1, 0.15) is 0 Å². The number of ether oxygens (including phenoxy) is 1. The van der Waals surface area contributed by atoms with E-state index in [4.69, 9.17) is 9.84 Å². The molecule has 2 fully saturated rings. The van der Waals surface area contributed by atoms with Crippen molar-refractivity contribution < 1.29 is 19.4 Å². The van der Waals surface area contributed by atoms with Crippen molar-refractivity contribution in [2.45, 2.75) is 6.10 Å². The van der Waals surface area contributed by atoms with Gasteiger partial charge in [0.1, 0.15) is 0 Å². The molecule has 21 heavy (non-hydrogen) atoms. The lowest BCUT2D eigenvalue weighted by Crippen LogP contribution is -2.32. The molecule has 112 valence electrons. The van der Waals surface area contributed by atoms with E-state index in [2.05, 4.69) is 4.90 Å². The lowest BCUT2D eigenvalue weighted by Gasteiger charge is -2.28. The number of benzene rings is 1. The molecule has 2 aliphatic rings. The number of carboxylic acid groups (broad SMARTS) is 1. The van der Waals surface area contributed by atoms with E-state index in [0.717, 1.165) is 30.3 Å². The summed E-state index contributed by atoms with van der Waals surface area (Å²) in [6, 6.07) is 7.60. The van der Waals surface area contributed by atoms with Crippen molar-refractivity contribution in [1.82, 2.24) is 0 Å². The van der Waals surface area contributed by atoms with Crippen molar-refractivity contribution in [3.8, 4) is 0 Å². The lowest BCUT2D eigenvalue weighted by molar-refractivity contribution is -0.144. The number of nitrogens with zero attached hydrogens (tertiary/aromatic N) is 2. The minimum Gasteiger partial charge on any atom is -0.478 e. The van der Waals surface area contributed by atoms with Crippen LogP contribution in [0, 0.1) is 0 Å². The van der Waals surface area contributed by atoms with Crippen molar-refractivity contribution in [3.63, 3.8) is 0 Å². The number of carbonyl (C=O) groups is 2. The number of hydrogen-bond donors (Lipinski definition) is 1. The predicted octanol–water partition coefficient (Wildman–Crippen LogP) is 1.65. The first-order chi connectivity index (χ1) is 10.1. The predicted molar refractivity (Wildman–Crippen MR) is 81.2 cm³/mol. The van der Waals surface area contributed by atoms with Crippen LogP contribution < -0.4 is 9.80 Å². The van der Waals surface area contributed by atoms with Gasteiger partial charge in [-0.15, -0.1) is 0 Å². The van der Waals surface area contributed by atoms with Gasteiger partial charge in [0, 0.05) is 36.0 Å². The van der Waals surface area contributed by atoms with Gasteiger partial charge in [-0.2, -0.15) is 11.8 Å². The molecule has 7 heteroatoms. The number of amides is 1. The first-order valence-electron chi connectivity index (χ1n) is 6.79. The fraction of sp³-hybridized carbons (Fsp3) is 0.429. The zero-order valence-electron chi connectivity index (χ0n) is 11.4. The quantitative estimate of drug-likeness (QED) is 0.915. The summed E-state index contributed by atoms with van der Waals surface area (Å²) in [5.41, 5.74) is 1.79. The Morgan fingerprint density at radius 2 is 1.81 bits per heavy atom. The molecule has 2 heterocycles. The highest BCUT2D eigenvalue weighted by Crippen LogP contribution is 2.26. The summed E-state index contributed by atoms with van der Waals surface area (Å²) in [5, 5.41) is 8.90. The number of cyclic esters (lactones) is 1. The summed E-state index contributed by atoms with van der Waals surface area (Å²) < 4.78 is 4.81. The molecule has 1 N–H and O–H groups in total. The van der Waals surface area contributed by atoms with Crippen molar-refractivity contribution in [2.75, 3.05) is 40.9 Å². The van der Waals surface area contributed by atoms with E-state index >= 15 is 0 Å². The van der Waals surface area contributed by atoms with Crippen molar-refractivity contribution in [1.29, 1.82) is 0 Å². The highest BCUT2D eigenvalue weighted by molar-refractivity contribution is 7.99. The smallest absolute Gasteiger partial charge is 0.415 e. The van der Waals surface area contributed by atoms with E-state index in [1.54, 1.807) is 0 Å². The molecule has 1 amide bonds. The van der Waals surface area contributed by atoms with Gasteiger partial charge in [-0.25, -0.2) is 9.59 Å². The normalized spacial score (nSPS) is 22.3. The summed E-state index contributed by atoms with van der Waals surface area (Å²) in [4.78, 5) is 26.2. The number of rotatable bonds is 3. The maximum atomic E-state index is 11.7. The van der Waals surface area contributed by atoms with Gasteiger partial charge in [0.05, 0.1) is 6.54 Å². The molecule has 2 aliphatic heterocycles. The molecule has 1 aromatic rings. The van der Waals surface area contributed by atoms with Crippen LogP contribution in [0.15, 0.2) is 24.3 Å². The number of hydrogen-bond acceptors (Lipinski definition) is 5. The van der Waals surface area contributed by atoms with Crippen LogP contribution in [0.5, 0.6) is 0 Å². The average Bonchev–Trinajstić information content (AvgIpc) is 2.91. The van der Waals surface area contributed by atoms with E-state index < -0.39 is 18.2 Å². The number of carboxylic acids is 1. The molecule has 0 saturated carbocycles. The Hall–Kier alpha value is -1.89. The van der Waals surface area contributed by atoms with Crippen molar-refractivity contribution >= 4 is 35.2 Å². The summed E-state index contributed by atoms with van der Waals surface area (Å²) in [7, 11) is 0. The van der Waals surface area contributed by atoms with Gasteiger partial charge in [-0.1, -0.05) is 0 Å². The van der Waals surface area contributed by atoms with Crippen LogP contribution in [0.4, 0.5) is 16.2 Å². The average molecular weight is 308 g/mol. The van der Waals surface area contributed by atoms with Crippen LogP contribution in [0.2, 0.25) is 0 Å². The molecule has 0 radical (unpaired) electrons. The van der Waals surface area contributed by atoms with Gasteiger partial charge in [0.25, 0.3) is 0 Å². The van der Waals surface area contributed by atoms with Crippen LogP contribution in [-0.2, 0) is 9.53 Å². The highest BCUT2D eigenvalue weighted by Gasteiger charge is 2.36. The summed E-state index contributed by atoms with van der Waals surface area (Å²) >= 11 is 1.95. The van der Waals surface area contributed by atoms with E-state index in [9.17, 15) is 9.59 Å². The first-order valence-corrected chi connectivity index (χ1v) is 7.94. The Labute approximate surface area is 126 Å². The van der Waals surface area contributed by atoms with Gasteiger partial charge in [0.2, 0.25) is 6.10 Å². The fourth-order valence-corrected chi connectivity index (χ4v) is 3.37. The molecule has 0 bridgehead atoms. The molecule has 6 nitrogen and oxygen atoms in total. The third kappa shape index (κ3) is 2.92. The van der Waals surface area contributed by atoms with E-state index in [1.165, 1.54) is 4.90 Å². The zero-order chi connectivity index (χ0) is 14.8. The fourth-order valence-electron chi connectivity index (χ4n) is 2.47. The van der Waals surface area contributed by atoms with E-state index in [0.29, 0.717) is 5.69 Å². The highest BCUT2D eigenvalue weighted by atomic mass is 32.2. The Kier molecular flexibility index (Phi) is 3.92.